The summed E-state index contributed by atoms with van der Waals surface area (Å²) in [6.45, 7) is -0.230. The summed E-state index contributed by atoms with van der Waals surface area (Å²) in [5.41, 5.74) is 6.42. The normalized spacial score (nSPS) is 9.71. The Balaban J connectivity index is 1.96. The first-order valence-electron chi connectivity index (χ1n) is 6.06. The number of nitrogens with one attached hydrogen (secondary N) is 1. The molecule has 3 N–H and O–H groups in total. The zero-order valence-corrected chi connectivity index (χ0v) is 11.0. The summed E-state index contributed by atoms with van der Waals surface area (Å²) in [6.07, 6.45) is 0. The second-order valence-electron chi connectivity index (χ2n) is 4.21. The SMILES string of the molecule is N#Cc1cc(F)ccc1NC(=O)COc1ccc(N)cc1. The standard InChI is InChI=1S/C15H12FN3O2/c16-11-1-6-14(10(7-11)8-17)19-15(20)9-21-13-4-2-12(18)3-5-13/h1-7H,9,18H2,(H,19,20). The molecule has 0 bridgehead atoms. The van der Waals surface area contributed by atoms with E-state index in [4.69, 9.17) is 15.7 Å². The summed E-state index contributed by atoms with van der Waals surface area (Å²) in [7, 11) is 0. The Bertz CT molecular complexity index is 693. The fourth-order valence-electron chi connectivity index (χ4n) is 1.62. The molecule has 0 radical (unpaired) electrons. The number of rotatable bonds is 4. The van der Waals surface area contributed by atoms with Gasteiger partial charge in [-0.15, -0.1) is 0 Å². The second kappa shape index (κ2) is 6.39. The molecule has 0 aliphatic carbocycles. The molecule has 106 valence electrons. The van der Waals surface area contributed by atoms with Crippen LogP contribution in [0.25, 0.3) is 0 Å². The monoisotopic (exact) mass is 285 g/mol. The minimum absolute atomic E-state index is 0.0517. The molecule has 21 heavy (non-hydrogen) atoms. The van der Waals surface area contributed by atoms with Gasteiger partial charge in [-0.1, -0.05) is 0 Å². The highest BCUT2D eigenvalue weighted by Crippen LogP contribution is 2.16. The van der Waals surface area contributed by atoms with Crippen molar-refractivity contribution in [3.8, 4) is 11.8 Å². The van der Waals surface area contributed by atoms with E-state index in [1.807, 2.05) is 6.07 Å². The van der Waals surface area contributed by atoms with Crippen LogP contribution >= 0.6 is 0 Å². The average Bonchev–Trinajstić information content (AvgIpc) is 2.48. The number of anilines is 2. The molecule has 0 atom stereocenters. The predicted molar refractivity (Wildman–Crippen MR) is 76.1 cm³/mol. The van der Waals surface area contributed by atoms with Crippen LogP contribution in [-0.4, -0.2) is 12.5 Å². The smallest absolute Gasteiger partial charge is 0.262 e. The number of hydrogen-bond donors (Lipinski definition) is 2. The van der Waals surface area contributed by atoms with Gasteiger partial charge < -0.3 is 15.8 Å². The van der Waals surface area contributed by atoms with Gasteiger partial charge >= 0.3 is 0 Å². The third-order valence-electron chi connectivity index (χ3n) is 2.63. The van der Waals surface area contributed by atoms with Crippen LogP contribution in [0.5, 0.6) is 5.75 Å². The van der Waals surface area contributed by atoms with Crippen molar-refractivity contribution >= 4 is 17.3 Å². The number of ether oxygens (including phenoxy) is 1. The van der Waals surface area contributed by atoms with Crippen LogP contribution in [0.4, 0.5) is 15.8 Å². The Morgan fingerprint density at radius 3 is 2.67 bits per heavy atom. The van der Waals surface area contributed by atoms with Gasteiger partial charge in [-0.3, -0.25) is 4.79 Å². The summed E-state index contributed by atoms with van der Waals surface area (Å²) in [4.78, 5) is 11.7. The third kappa shape index (κ3) is 3.94. The fraction of sp³-hybridized carbons (Fsp3) is 0.0667. The summed E-state index contributed by atoms with van der Waals surface area (Å²) in [5, 5.41) is 11.4. The first-order valence-corrected chi connectivity index (χ1v) is 6.06. The number of nitrogen functional groups attached to an aromatic ring is 1. The molecule has 0 saturated heterocycles. The van der Waals surface area contributed by atoms with Crippen molar-refractivity contribution < 1.29 is 13.9 Å². The number of halogens is 1. The van der Waals surface area contributed by atoms with Gasteiger partial charge in [0.05, 0.1) is 11.3 Å². The molecule has 2 aromatic rings. The van der Waals surface area contributed by atoms with Crippen molar-refractivity contribution in [3.05, 3.63) is 53.8 Å². The Morgan fingerprint density at radius 2 is 2.00 bits per heavy atom. The lowest BCUT2D eigenvalue weighted by Gasteiger charge is -2.09. The average molecular weight is 285 g/mol. The van der Waals surface area contributed by atoms with E-state index in [-0.39, 0.29) is 17.9 Å². The lowest BCUT2D eigenvalue weighted by Crippen LogP contribution is -2.20. The lowest BCUT2D eigenvalue weighted by molar-refractivity contribution is -0.118. The van der Waals surface area contributed by atoms with Crippen LogP contribution in [0, 0.1) is 17.1 Å². The van der Waals surface area contributed by atoms with Crippen LogP contribution in [0.2, 0.25) is 0 Å². The van der Waals surface area contributed by atoms with E-state index in [9.17, 15) is 9.18 Å². The maximum Gasteiger partial charge on any atom is 0.262 e. The largest absolute Gasteiger partial charge is 0.484 e. The highest BCUT2D eigenvalue weighted by molar-refractivity contribution is 5.93. The molecule has 0 aromatic heterocycles. The molecule has 0 aliphatic heterocycles. The molecule has 0 saturated carbocycles. The van der Waals surface area contributed by atoms with E-state index >= 15 is 0 Å². The minimum atomic E-state index is -0.539. The lowest BCUT2D eigenvalue weighted by atomic mass is 10.2. The molecular formula is C15H12FN3O2. The molecule has 2 aromatic carbocycles. The maximum absolute atomic E-state index is 13.0. The second-order valence-corrected chi connectivity index (χ2v) is 4.21. The highest BCUT2D eigenvalue weighted by atomic mass is 19.1. The minimum Gasteiger partial charge on any atom is -0.484 e. The summed E-state index contributed by atoms with van der Waals surface area (Å²) < 4.78 is 18.2. The number of nitrogens with two attached hydrogens (primary N) is 1. The number of hydrogen-bond acceptors (Lipinski definition) is 4. The summed E-state index contributed by atoms with van der Waals surface area (Å²) in [6, 6.07) is 11.9. The van der Waals surface area contributed by atoms with Crippen LogP contribution in [0.15, 0.2) is 42.5 Å². The van der Waals surface area contributed by atoms with Gasteiger partial charge in [-0.2, -0.15) is 5.26 Å². The summed E-state index contributed by atoms with van der Waals surface area (Å²) >= 11 is 0. The molecule has 0 unspecified atom stereocenters. The van der Waals surface area contributed by atoms with Crippen LogP contribution in [0.1, 0.15) is 5.56 Å². The van der Waals surface area contributed by atoms with E-state index in [1.54, 1.807) is 24.3 Å². The van der Waals surface area contributed by atoms with Crippen molar-refractivity contribution in [3.63, 3.8) is 0 Å². The molecule has 0 spiro atoms. The number of nitriles is 1. The molecule has 6 heteroatoms. The number of benzene rings is 2. The highest BCUT2D eigenvalue weighted by Gasteiger charge is 2.08. The van der Waals surface area contributed by atoms with E-state index in [0.717, 1.165) is 12.1 Å². The maximum atomic E-state index is 13.0. The van der Waals surface area contributed by atoms with Crippen LogP contribution in [0.3, 0.4) is 0 Å². The van der Waals surface area contributed by atoms with Crippen LogP contribution in [-0.2, 0) is 4.79 Å². The van der Waals surface area contributed by atoms with Gasteiger partial charge in [0.1, 0.15) is 17.6 Å². The van der Waals surface area contributed by atoms with Crippen molar-refractivity contribution in [1.82, 2.24) is 0 Å². The van der Waals surface area contributed by atoms with E-state index in [2.05, 4.69) is 5.32 Å². The Kier molecular flexibility index (Phi) is 4.36. The zero-order valence-electron chi connectivity index (χ0n) is 11.0. The van der Waals surface area contributed by atoms with Gasteiger partial charge in [-0.25, -0.2) is 4.39 Å². The van der Waals surface area contributed by atoms with Crippen molar-refractivity contribution in [1.29, 1.82) is 5.26 Å². The van der Waals surface area contributed by atoms with Gasteiger partial charge in [0.15, 0.2) is 6.61 Å². The van der Waals surface area contributed by atoms with E-state index in [1.165, 1.54) is 6.07 Å². The van der Waals surface area contributed by atoms with Gasteiger partial charge in [-0.05, 0) is 42.5 Å². The summed E-state index contributed by atoms with van der Waals surface area (Å²) in [5.74, 6) is -0.489. The Hall–Kier alpha value is -3.07. The number of carbonyl (C=O) groups excluding carboxylic acids is 1. The molecule has 1 amide bonds. The Morgan fingerprint density at radius 1 is 1.29 bits per heavy atom. The number of carbonyl (C=O) groups is 1. The molecule has 0 heterocycles. The van der Waals surface area contributed by atoms with Crippen LogP contribution < -0.4 is 15.8 Å². The fourth-order valence-corrected chi connectivity index (χ4v) is 1.62. The first-order chi connectivity index (χ1) is 10.1. The van der Waals surface area contributed by atoms with E-state index < -0.39 is 11.7 Å². The van der Waals surface area contributed by atoms with Gasteiger partial charge in [0.25, 0.3) is 5.91 Å². The van der Waals surface area contributed by atoms with Crippen molar-refractivity contribution in [2.75, 3.05) is 17.7 Å². The van der Waals surface area contributed by atoms with Crippen molar-refractivity contribution in [2.24, 2.45) is 0 Å². The molecule has 0 fully saturated rings. The number of amides is 1. The molecule has 5 nitrogen and oxygen atoms in total. The topological polar surface area (TPSA) is 88.1 Å². The van der Waals surface area contributed by atoms with Gasteiger partial charge in [0, 0.05) is 5.69 Å². The third-order valence-corrected chi connectivity index (χ3v) is 2.63. The number of nitrogens with zero attached hydrogens (tertiary/aromatic N) is 1. The van der Waals surface area contributed by atoms with Crippen molar-refractivity contribution in [2.45, 2.75) is 0 Å². The predicted octanol–water partition coefficient (Wildman–Crippen LogP) is 2.30. The Labute approximate surface area is 120 Å². The molecule has 0 aliphatic rings. The van der Waals surface area contributed by atoms with Gasteiger partial charge in [0.2, 0.25) is 0 Å². The molecule has 2 rings (SSSR count). The molecular weight excluding hydrogens is 273 g/mol. The quantitative estimate of drug-likeness (QED) is 0.844. The zero-order chi connectivity index (χ0) is 15.2. The first kappa shape index (κ1) is 14.3. The van der Waals surface area contributed by atoms with E-state index in [0.29, 0.717) is 11.4 Å².